The molecule has 0 aliphatic carbocycles. The summed E-state index contributed by atoms with van der Waals surface area (Å²) in [5, 5.41) is 10.8. The summed E-state index contributed by atoms with van der Waals surface area (Å²) in [5.41, 5.74) is 2.03. The third-order valence-electron chi connectivity index (χ3n) is 4.39. The van der Waals surface area contributed by atoms with Gasteiger partial charge in [-0.3, -0.25) is 4.79 Å². The van der Waals surface area contributed by atoms with Crippen LogP contribution in [0.3, 0.4) is 0 Å². The molecule has 1 aliphatic rings. The van der Waals surface area contributed by atoms with Crippen LogP contribution >= 0.6 is 0 Å². The van der Waals surface area contributed by atoms with Gasteiger partial charge in [0.25, 0.3) is 5.91 Å². The molecule has 3 aromatic rings. The van der Waals surface area contributed by atoms with E-state index in [1.165, 1.54) is 12.8 Å². The number of pyridine rings is 1. The Hall–Kier alpha value is -3.22. The summed E-state index contributed by atoms with van der Waals surface area (Å²) in [5.74, 6) is 0.661. The maximum atomic E-state index is 12.4. The lowest BCUT2D eigenvalue weighted by Gasteiger charge is -2.16. The molecule has 26 heavy (non-hydrogen) atoms. The minimum absolute atomic E-state index is 0.282. The average molecular weight is 348 g/mol. The third-order valence-corrected chi connectivity index (χ3v) is 4.39. The summed E-state index contributed by atoms with van der Waals surface area (Å²) in [6.45, 7) is 2.67. The first-order valence-corrected chi connectivity index (χ1v) is 8.74. The Morgan fingerprint density at radius 2 is 1.88 bits per heavy atom. The SMILES string of the molecule is O=C(Nc1ccc(N2CCCC2)nc1)c1cn(Cc2ccccc2)nn1. The van der Waals surface area contributed by atoms with E-state index >= 15 is 0 Å². The number of amides is 1. The van der Waals surface area contributed by atoms with Gasteiger partial charge in [0.2, 0.25) is 0 Å². The summed E-state index contributed by atoms with van der Waals surface area (Å²) in [4.78, 5) is 19.0. The largest absolute Gasteiger partial charge is 0.357 e. The second-order valence-electron chi connectivity index (χ2n) is 6.34. The van der Waals surface area contributed by atoms with Crippen LogP contribution in [0.25, 0.3) is 0 Å². The van der Waals surface area contributed by atoms with Crippen LogP contribution in [0, 0.1) is 0 Å². The lowest BCUT2D eigenvalue weighted by atomic mass is 10.2. The fourth-order valence-corrected chi connectivity index (χ4v) is 3.04. The van der Waals surface area contributed by atoms with Gasteiger partial charge >= 0.3 is 0 Å². The molecule has 0 atom stereocenters. The van der Waals surface area contributed by atoms with Crippen LogP contribution in [0.5, 0.6) is 0 Å². The Bertz CT molecular complexity index is 869. The minimum atomic E-state index is -0.292. The number of anilines is 2. The van der Waals surface area contributed by atoms with E-state index in [-0.39, 0.29) is 11.6 Å². The molecule has 4 rings (SSSR count). The lowest BCUT2D eigenvalue weighted by molar-refractivity contribution is 0.102. The molecule has 0 spiro atoms. The van der Waals surface area contributed by atoms with E-state index in [9.17, 15) is 4.79 Å². The summed E-state index contributed by atoms with van der Waals surface area (Å²) >= 11 is 0. The van der Waals surface area contributed by atoms with Crippen molar-refractivity contribution in [3.05, 3.63) is 66.1 Å². The van der Waals surface area contributed by atoms with Gasteiger partial charge in [-0.25, -0.2) is 9.67 Å². The van der Waals surface area contributed by atoms with Crippen LogP contribution in [0.2, 0.25) is 0 Å². The van der Waals surface area contributed by atoms with Crippen molar-refractivity contribution in [1.82, 2.24) is 20.0 Å². The topological polar surface area (TPSA) is 75.9 Å². The predicted octanol–water partition coefficient (Wildman–Crippen LogP) is 2.57. The van der Waals surface area contributed by atoms with Crippen LogP contribution in [-0.2, 0) is 6.54 Å². The van der Waals surface area contributed by atoms with E-state index in [2.05, 4.69) is 25.5 Å². The molecule has 1 saturated heterocycles. The molecule has 132 valence electrons. The predicted molar refractivity (Wildman–Crippen MR) is 99.2 cm³/mol. The highest BCUT2D eigenvalue weighted by molar-refractivity contribution is 6.02. The van der Waals surface area contributed by atoms with Gasteiger partial charge in [-0.05, 0) is 30.5 Å². The Labute approximate surface area is 151 Å². The van der Waals surface area contributed by atoms with Crippen LogP contribution in [0.4, 0.5) is 11.5 Å². The van der Waals surface area contributed by atoms with E-state index in [0.29, 0.717) is 12.2 Å². The van der Waals surface area contributed by atoms with Crippen LogP contribution in [0.15, 0.2) is 54.9 Å². The molecule has 7 nitrogen and oxygen atoms in total. The normalized spacial score (nSPS) is 13.8. The van der Waals surface area contributed by atoms with Gasteiger partial charge in [0, 0.05) is 13.1 Å². The first-order chi connectivity index (χ1) is 12.8. The highest BCUT2D eigenvalue weighted by Gasteiger charge is 2.14. The van der Waals surface area contributed by atoms with Gasteiger partial charge in [-0.2, -0.15) is 0 Å². The van der Waals surface area contributed by atoms with E-state index in [0.717, 1.165) is 24.5 Å². The Morgan fingerprint density at radius 1 is 1.08 bits per heavy atom. The molecule has 1 aromatic carbocycles. The van der Waals surface area contributed by atoms with Crippen LogP contribution in [0.1, 0.15) is 28.9 Å². The third kappa shape index (κ3) is 3.72. The number of rotatable bonds is 5. The number of carbonyl (C=O) groups is 1. The number of hydrogen-bond donors (Lipinski definition) is 1. The molecule has 3 heterocycles. The van der Waals surface area contributed by atoms with Gasteiger partial charge in [0.15, 0.2) is 5.69 Å². The number of carbonyl (C=O) groups excluding carboxylic acids is 1. The van der Waals surface area contributed by atoms with Crippen molar-refractivity contribution in [1.29, 1.82) is 0 Å². The zero-order valence-electron chi connectivity index (χ0n) is 14.4. The minimum Gasteiger partial charge on any atom is -0.357 e. The molecule has 0 radical (unpaired) electrons. The molecule has 1 amide bonds. The molecule has 1 fully saturated rings. The standard InChI is InChI=1S/C19H20N6O/c26-19(17-14-25(23-22-17)13-15-6-2-1-3-7-15)21-16-8-9-18(20-12-16)24-10-4-5-11-24/h1-3,6-9,12,14H,4-5,10-11,13H2,(H,21,26). The first-order valence-electron chi connectivity index (χ1n) is 8.74. The molecule has 2 aromatic heterocycles. The lowest BCUT2D eigenvalue weighted by Crippen LogP contribution is -2.19. The maximum absolute atomic E-state index is 12.4. The Morgan fingerprint density at radius 3 is 2.62 bits per heavy atom. The zero-order valence-corrected chi connectivity index (χ0v) is 14.4. The molecular formula is C19H20N6O. The van der Waals surface area contributed by atoms with E-state index in [4.69, 9.17) is 0 Å². The summed E-state index contributed by atoms with van der Waals surface area (Å²) in [7, 11) is 0. The number of aromatic nitrogens is 4. The highest BCUT2D eigenvalue weighted by Crippen LogP contribution is 2.19. The second-order valence-corrected chi connectivity index (χ2v) is 6.34. The molecule has 1 aliphatic heterocycles. The fourth-order valence-electron chi connectivity index (χ4n) is 3.04. The molecule has 0 saturated carbocycles. The molecular weight excluding hydrogens is 328 g/mol. The maximum Gasteiger partial charge on any atom is 0.277 e. The van der Waals surface area contributed by atoms with Crippen molar-refractivity contribution in [3.63, 3.8) is 0 Å². The van der Waals surface area contributed by atoms with Crippen molar-refractivity contribution in [2.24, 2.45) is 0 Å². The number of nitrogens with zero attached hydrogens (tertiary/aromatic N) is 5. The van der Waals surface area contributed by atoms with Gasteiger partial charge in [0.05, 0.1) is 24.6 Å². The van der Waals surface area contributed by atoms with Crippen molar-refractivity contribution in [3.8, 4) is 0 Å². The Balaban J connectivity index is 1.38. The first kappa shape index (κ1) is 16.3. The van der Waals surface area contributed by atoms with Gasteiger partial charge in [0.1, 0.15) is 5.82 Å². The van der Waals surface area contributed by atoms with Crippen molar-refractivity contribution < 1.29 is 4.79 Å². The van der Waals surface area contributed by atoms with Crippen LogP contribution in [-0.4, -0.2) is 39.0 Å². The highest BCUT2D eigenvalue weighted by atomic mass is 16.2. The quantitative estimate of drug-likeness (QED) is 0.767. The van der Waals surface area contributed by atoms with Crippen molar-refractivity contribution in [2.45, 2.75) is 19.4 Å². The monoisotopic (exact) mass is 348 g/mol. The summed E-state index contributed by atoms with van der Waals surface area (Å²) in [6.07, 6.45) is 5.74. The van der Waals surface area contributed by atoms with Gasteiger partial charge < -0.3 is 10.2 Å². The van der Waals surface area contributed by atoms with Crippen molar-refractivity contribution >= 4 is 17.4 Å². The zero-order chi connectivity index (χ0) is 17.8. The summed E-state index contributed by atoms with van der Waals surface area (Å²) in [6, 6.07) is 13.7. The van der Waals surface area contributed by atoms with Gasteiger partial charge in [-0.1, -0.05) is 35.5 Å². The Kier molecular flexibility index (Phi) is 4.59. The van der Waals surface area contributed by atoms with E-state index < -0.39 is 0 Å². The smallest absolute Gasteiger partial charge is 0.277 e. The van der Waals surface area contributed by atoms with Crippen LogP contribution < -0.4 is 10.2 Å². The van der Waals surface area contributed by atoms with E-state index in [1.807, 2.05) is 42.5 Å². The molecule has 1 N–H and O–H groups in total. The van der Waals surface area contributed by atoms with Crippen molar-refractivity contribution in [2.75, 3.05) is 23.3 Å². The fraction of sp³-hybridized carbons (Fsp3) is 0.263. The molecule has 0 unspecified atom stereocenters. The summed E-state index contributed by atoms with van der Waals surface area (Å²) < 4.78 is 1.65. The average Bonchev–Trinajstić information content (AvgIpc) is 3.35. The number of benzene rings is 1. The second kappa shape index (κ2) is 7.35. The number of nitrogens with one attached hydrogen (secondary N) is 1. The van der Waals surface area contributed by atoms with Gasteiger partial charge in [-0.15, -0.1) is 5.10 Å². The van der Waals surface area contributed by atoms with E-state index in [1.54, 1.807) is 17.1 Å². The molecule has 7 heteroatoms. The molecule has 0 bridgehead atoms. The number of hydrogen-bond acceptors (Lipinski definition) is 5.